The van der Waals surface area contributed by atoms with E-state index in [1.807, 2.05) is 0 Å². The number of aryl methyl sites for hydroxylation is 1. The van der Waals surface area contributed by atoms with Crippen molar-refractivity contribution in [2.24, 2.45) is 0 Å². The minimum Gasteiger partial charge on any atom is -0.507 e. The summed E-state index contributed by atoms with van der Waals surface area (Å²) in [5.74, 6) is -0.177. The molecular weight excluding hydrogens is 424 g/mol. The van der Waals surface area contributed by atoms with E-state index >= 15 is 0 Å². The highest BCUT2D eigenvalue weighted by Gasteiger charge is 2.48. The molecule has 1 aromatic heterocycles. The summed E-state index contributed by atoms with van der Waals surface area (Å²) in [7, 11) is 1.52. The molecule has 0 saturated carbocycles. The van der Waals surface area contributed by atoms with Crippen LogP contribution in [0.3, 0.4) is 0 Å². The smallest absolute Gasteiger partial charge is 0.301 e. The molecule has 0 spiro atoms. The summed E-state index contributed by atoms with van der Waals surface area (Å²) >= 11 is 0. The molecule has 168 valence electrons. The number of amides is 1. The Labute approximate surface area is 190 Å². The Morgan fingerprint density at radius 2 is 1.94 bits per heavy atom. The largest absolute Gasteiger partial charge is 0.507 e. The summed E-state index contributed by atoms with van der Waals surface area (Å²) in [6.07, 6.45) is 1.62. The third-order valence-corrected chi connectivity index (χ3v) is 5.21. The lowest BCUT2D eigenvalue weighted by Crippen LogP contribution is -2.29. The van der Waals surface area contributed by atoms with Gasteiger partial charge in [-0.15, -0.1) is 0 Å². The third kappa shape index (κ3) is 4.10. The summed E-state index contributed by atoms with van der Waals surface area (Å²) < 4.78 is 15.9. The third-order valence-electron chi connectivity index (χ3n) is 5.21. The van der Waals surface area contributed by atoms with Crippen LogP contribution in [0.5, 0.6) is 11.5 Å². The molecule has 1 saturated heterocycles. The number of rotatable bonds is 7. The van der Waals surface area contributed by atoms with Gasteiger partial charge in [0.05, 0.1) is 18.7 Å². The predicted molar refractivity (Wildman–Crippen MR) is 121 cm³/mol. The van der Waals surface area contributed by atoms with Crippen molar-refractivity contribution in [2.75, 3.05) is 18.6 Å². The van der Waals surface area contributed by atoms with E-state index in [-0.39, 0.29) is 17.2 Å². The maximum absolute atomic E-state index is 13.1. The summed E-state index contributed by atoms with van der Waals surface area (Å²) in [6, 6.07) is 14.1. The number of benzene rings is 2. The standard InChI is InChI=1S/C25H22N2O6/c1-4-12-32-18-10-8-16(9-11-18)23(28)21-22(17-6-5-7-19(14-17)31-3)27(25(30)24(21)29)20-13-15(2)33-26-20/h4-11,13-14,22,28H,1,12H2,2-3H3. The number of hydrogen-bond donors (Lipinski definition) is 1. The molecule has 1 aliphatic rings. The van der Waals surface area contributed by atoms with E-state index in [2.05, 4.69) is 11.7 Å². The first-order valence-corrected chi connectivity index (χ1v) is 10.2. The molecule has 3 aromatic rings. The van der Waals surface area contributed by atoms with Gasteiger partial charge in [0.25, 0.3) is 5.78 Å². The minimum absolute atomic E-state index is 0.0614. The molecule has 1 amide bonds. The second-order valence-electron chi connectivity index (χ2n) is 7.37. The highest BCUT2D eigenvalue weighted by Crippen LogP contribution is 2.42. The van der Waals surface area contributed by atoms with Gasteiger partial charge in [0.2, 0.25) is 0 Å². The van der Waals surface area contributed by atoms with Crippen molar-refractivity contribution in [3.8, 4) is 11.5 Å². The average Bonchev–Trinajstić information content (AvgIpc) is 3.38. The number of carbonyl (C=O) groups excluding carboxylic acids is 2. The fourth-order valence-electron chi connectivity index (χ4n) is 3.68. The van der Waals surface area contributed by atoms with E-state index in [0.717, 1.165) is 0 Å². The van der Waals surface area contributed by atoms with Crippen molar-refractivity contribution in [3.63, 3.8) is 0 Å². The Morgan fingerprint density at radius 3 is 2.58 bits per heavy atom. The highest BCUT2D eigenvalue weighted by atomic mass is 16.5. The molecule has 1 N–H and O–H groups in total. The van der Waals surface area contributed by atoms with Gasteiger partial charge in [0.15, 0.2) is 5.82 Å². The van der Waals surface area contributed by atoms with Gasteiger partial charge in [-0.25, -0.2) is 0 Å². The Hall–Kier alpha value is -4.33. The summed E-state index contributed by atoms with van der Waals surface area (Å²) in [4.78, 5) is 27.4. The fraction of sp³-hybridized carbons (Fsp3) is 0.160. The van der Waals surface area contributed by atoms with Crippen LogP contribution in [0.2, 0.25) is 0 Å². The van der Waals surface area contributed by atoms with Crippen LogP contribution in [0, 0.1) is 6.92 Å². The molecule has 4 rings (SSSR count). The van der Waals surface area contributed by atoms with Gasteiger partial charge < -0.3 is 19.1 Å². The molecule has 2 aromatic carbocycles. The van der Waals surface area contributed by atoms with E-state index in [1.54, 1.807) is 67.6 Å². The molecule has 33 heavy (non-hydrogen) atoms. The lowest BCUT2D eigenvalue weighted by Gasteiger charge is -2.23. The van der Waals surface area contributed by atoms with Gasteiger partial charge in [-0.1, -0.05) is 29.9 Å². The molecule has 1 atom stereocenters. The first-order valence-electron chi connectivity index (χ1n) is 10.2. The molecule has 1 aliphatic heterocycles. The van der Waals surface area contributed by atoms with Crippen molar-refractivity contribution in [1.29, 1.82) is 0 Å². The van der Waals surface area contributed by atoms with Crippen LogP contribution in [0.15, 0.2) is 77.3 Å². The van der Waals surface area contributed by atoms with E-state index in [4.69, 9.17) is 14.0 Å². The second kappa shape index (κ2) is 9.04. The van der Waals surface area contributed by atoms with Crippen LogP contribution < -0.4 is 14.4 Å². The number of carbonyl (C=O) groups is 2. The summed E-state index contributed by atoms with van der Waals surface area (Å²) in [6.45, 7) is 5.63. The van der Waals surface area contributed by atoms with Crippen LogP contribution in [0.4, 0.5) is 5.82 Å². The zero-order valence-electron chi connectivity index (χ0n) is 18.1. The van der Waals surface area contributed by atoms with Gasteiger partial charge in [-0.3, -0.25) is 14.5 Å². The lowest BCUT2D eigenvalue weighted by molar-refractivity contribution is -0.132. The van der Waals surface area contributed by atoms with Crippen molar-refractivity contribution < 1.29 is 28.7 Å². The molecule has 0 radical (unpaired) electrons. The number of anilines is 1. The summed E-state index contributed by atoms with van der Waals surface area (Å²) in [5, 5.41) is 15.1. The van der Waals surface area contributed by atoms with Crippen LogP contribution in [0.25, 0.3) is 5.76 Å². The topological polar surface area (TPSA) is 102 Å². The number of aliphatic hydroxyl groups is 1. The first kappa shape index (κ1) is 21.9. The molecule has 1 unspecified atom stereocenters. The molecule has 1 fully saturated rings. The van der Waals surface area contributed by atoms with Gasteiger partial charge in [0.1, 0.15) is 29.6 Å². The highest BCUT2D eigenvalue weighted by molar-refractivity contribution is 6.51. The van der Waals surface area contributed by atoms with Crippen molar-refractivity contribution >= 4 is 23.3 Å². The number of aliphatic hydroxyl groups excluding tert-OH is 1. The van der Waals surface area contributed by atoms with E-state index in [1.165, 1.54) is 12.0 Å². The van der Waals surface area contributed by atoms with Gasteiger partial charge in [0, 0.05) is 11.6 Å². The molecular formula is C25H22N2O6. The molecule has 0 bridgehead atoms. The lowest BCUT2D eigenvalue weighted by atomic mass is 9.95. The average molecular weight is 446 g/mol. The Kier molecular flexibility index (Phi) is 5.99. The zero-order valence-corrected chi connectivity index (χ0v) is 18.1. The quantitative estimate of drug-likeness (QED) is 0.251. The first-order chi connectivity index (χ1) is 15.9. The maximum Gasteiger partial charge on any atom is 0.301 e. The van der Waals surface area contributed by atoms with Crippen molar-refractivity contribution in [2.45, 2.75) is 13.0 Å². The summed E-state index contributed by atoms with van der Waals surface area (Å²) in [5.41, 5.74) is 0.874. The van der Waals surface area contributed by atoms with Crippen molar-refractivity contribution in [1.82, 2.24) is 5.16 Å². The Morgan fingerprint density at radius 1 is 1.18 bits per heavy atom. The Balaban J connectivity index is 1.86. The van der Waals surface area contributed by atoms with Gasteiger partial charge in [-0.05, 0) is 48.9 Å². The number of ether oxygens (including phenoxy) is 2. The molecule has 0 aliphatic carbocycles. The second-order valence-corrected chi connectivity index (χ2v) is 7.37. The van der Waals surface area contributed by atoms with Crippen LogP contribution >= 0.6 is 0 Å². The van der Waals surface area contributed by atoms with Gasteiger partial charge >= 0.3 is 5.91 Å². The molecule has 2 heterocycles. The van der Waals surface area contributed by atoms with Crippen LogP contribution in [-0.2, 0) is 9.59 Å². The van der Waals surface area contributed by atoms with Crippen molar-refractivity contribution in [3.05, 3.63) is 89.7 Å². The number of ketones is 1. The SMILES string of the molecule is C=CCOc1ccc(C(O)=C2C(=O)C(=O)N(c3cc(C)on3)C2c2cccc(OC)c2)cc1. The number of Topliss-reactive ketones (excluding diaryl/α,β-unsaturated/α-hetero) is 1. The maximum atomic E-state index is 13.1. The number of methoxy groups -OCH3 is 1. The number of hydrogen-bond acceptors (Lipinski definition) is 7. The van der Waals surface area contributed by atoms with E-state index in [9.17, 15) is 14.7 Å². The fourth-order valence-corrected chi connectivity index (χ4v) is 3.68. The predicted octanol–water partition coefficient (Wildman–Crippen LogP) is 4.18. The van der Waals surface area contributed by atoms with Gasteiger partial charge in [-0.2, -0.15) is 0 Å². The number of nitrogens with zero attached hydrogens (tertiary/aromatic N) is 2. The molecule has 8 heteroatoms. The molecule has 8 nitrogen and oxygen atoms in total. The zero-order chi connectivity index (χ0) is 23.5. The number of aromatic nitrogens is 1. The van der Waals surface area contributed by atoms with E-state index < -0.39 is 17.7 Å². The monoisotopic (exact) mass is 446 g/mol. The Bertz CT molecular complexity index is 1240. The van der Waals surface area contributed by atoms with Crippen LogP contribution in [0.1, 0.15) is 22.9 Å². The van der Waals surface area contributed by atoms with Crippen LogP contribution in [-0.4, -0.2) is 35.7 Å². The van der Waals surface area contributed by atoms with E-state index in [0.29, 0.717) is 35.0 Å². The minimum atomic E-state index is -0.929. The normalized spacial score (nSPS) is 17.3.